The Kier molecular flexibility index (Phi) is 5.39. The highest BCUT2D eigenvalue weighted by Gasteiger charge is 2.22. The fraction of sp³-hybridized carbons (Fsp3) is 0.455. The number of nitrogens with two attached hydrogens (primary N) is 1. The van der Waals surface area contributed by atoms with Crippen molar-refractivity contribution in [2.24, 2.45) is 5.14 Å². The monoisotopic (exact) mass is 292 g/mol. The molecule has 1 rings (SSSR count). The Hall–Kier alpha value is -1.06. The van der Waals surface area contributed by atoms with Crippen molar-refractivity contribution in [3.8, 4) is 0 Å². The average Bonchev–Trinajstić information content (AvgIpc) is 2.33. The zero-order chi connectivity index (χ0) is 14.6. The van der Waals surface area contributed by atoms with E-state index in [1.54, 1.807) is 7.05 Å². The molecule has 2 unspecified atom stereocenters. The van der Waals surface area contributed by atoms with E-state index in [0.29, 0.717) is 6.54 Å². The Morgan fingerprint density at radius 1 is 1.42 bits per heavy atom. The van der Waals surface area contributed by atoms with Crippen LogP contribution < -0.4 is 10.5 Å². The van der Waals surface area contributed by atoms with Gasteiger partial charge >= 0.3 is 0 Å². The third-order valence-corrected chi connectivity index (χ3v) is 3.58. The molecule has 0 fully saturated rings. The van der Waals surface area contributed by atoms with Gasteiger partial charge in [0.1, 0.15) is 11.9 Å². The van der Waals surface area contributed by atoms with Gasteiger partial charge in [-0.25, -0.2) is 17.9 Å². The standard InChI is InChI=1S/C11H17FN2O4S/c1-14-5-4-10(15)11(16)8-3-2-7(6-9(8)12)19(13,17)18/h2-3,6,10-11,14-16H,4-5H2,1H3,(H2,13,17,18). The highest BCUT2D eigenvalue weighted by atomic mass is 32.2. The SMILES string of the molecule is CNCCC(O)C(O)c1ccc(S(N)(=O)=O)cc1F. The van der Waals surface area contributed by atoms with Gasteiger partial charge in [-0.05, 0) is 32.1 Å². The Labute approximate surface area is 111 Å². The summed E-state index contributed by atoms with van der Waals surface area (Å²) in [5.41, 5.74) is -0.170. The largest absolute Gasteiger partial charge is 0.390 e. The van der Waals surface area contributed by atoms with Gasteiger partial charge in [0.15, 0.2) is 0 Å². The van der Waals surface area contributed by atoms with E-state index < -0.39 is 28.0 Å². The van der Waals surface area contributed by atoms with Gasteiger partial charge in [0.25, 0.3) is 0 Å². The molecular weight excluding hydrogens is 275 g/mol. The topological polar surface area (TPSA) is 113 Å². The van der Waals surface area contributed by atoms with Crippen LogP contribution in [0.1, 0.15) is 18.1 Å². The molecule has 5 N–H and O–H groups in total. The Morgan fingerprint density at radius 2 is 2.05 bits per heavy atom. The molecule has 19 heavy (non-hydrogen) atoms. The van der Waals surface area contributed by atoms with Crippen molar-refractivity contribution in [1.82, 2.24) is 5.32 Å². The van der Waals surface area contributed by atoms with E-state index >= 15 is 0 Å². The predicted molar refractivity (Wildman–Crippen MR) is 67.3 cm³/mol. The molecule has 1 aromatic rings. The second-order valence-corrected chi connectivity index (χ2v) is 5.69. The van der Waals surface area contributed by atoms with Crippen LogP contribution in [0.15, 0.2) is 23.1 Å². The lowest BCUT2D eigenvalue weighted by molar-refractivity contribution is 0.0119. The number of hydrogen-bond donors (Lipinski definition) is 4. The predicted octanol–water partition coefficient (Wildman–Crippen LogP) is -0.523. The lowest BCUT2D eigenvalue weighted by atomic mass is 10.0. The number of rotatable bonds is 6. The average molecular weight is 292 g/mol. The highest BCUT2D eigenvalue weighted by Crippen LogP contribution is 2.23. The van der Waals surface area contributed by atoms with Crippen LogP contribution in [0, 0.1) is 5.82 Å². The summed E-state index contributed by atoms with van der Waals surface area (Å²) in [5, 5.41) is 27.1. The molecule has 108 valence electrons. The van der Waals surface area contributed by atoms with Crippen LogP contribution in [-0.2, 0) is 10.0 Å². The molecule has 0 spiro atoms. The number of sulfonamides is 1. The molecule has 1 aromatic carbocycles. The fourth-order valence-electron chi connectivity index (χ4n) is 1.58. The van der Waals surface area contributed by atoms with Crippen molar-refractivity contribution in [1.29, 1.82) is 0 Å². The summed E-state index contributed by atoms with van der Waals surface area (Å²) >= 11 is 0. The Bertz CT molecular complexity index is 535. The second-order valence-electron chi connectivity index (χ2n) is 4.13. The molecule has 0 bridgehead atoms. The van der Waals surface area contributed by atoms with Crippen LogP contribution in [0.4, 0.5) is 4.39 Å². The first-order valence-corrected chi connectivity index (χ1v) is 7.15. The zero-order valence-electron chi connectivity index (χ0n) is 10.4. The number of hydrogen-bond acceptors (Lipinski definition) is 5. The van der Waals surface area contributed by atoms with E-state index in [1.165, 1.54) is 0 Å². The van der Waals surface area contributed by atoms with Crippen molar-refractivity contribution in [2.45, 2.75) is 23.5 Å². The molecular formula is C11H17FN2O4S. The van der Waals surface area contributed by atoms with Gasteiger partial charge in [0.2, 0.25) is 10.0 Å². The van der Waals surface area contributed by atoms with Gasteiger partial charge in [0, 0.05) is 5.56 Å². The third kappa shape index (κ3) is 4.22. The summed E-state index contributed by atoms with van der Waals surface area (Å²) in [6.45, 7) is 0.453. The molecule has 0 heterocycles. The maximum Gasteiger partial charge on any atom is 0.238 e. The highest BCUT2D eigenvalue weighted by molar-refractivity contribution is 7.89. The molecule has 0 aliphatic heterocycles. The summed E-state index contributed by atoms with van der Waals surface area (Å²) in [6, 6.07) is 2.91. The molecule has 0 aromatic heterocycles. The number of halogens is 1. The van der Waals surface area contributed by atoms with Crippen LogP contribution in [0.2, 0.25) is 0 Å². The number of aliphatic hydroxyl groups is 2. The van der Waals surface area contributed by atoms with Crippen molar-refractivity contribution in [3.63, 3.8) is 0 Å². The minimum atomic E-state index is -4.00. The van der Waals surface area contributed by atoms with Gasteiger partial charge in [-0.15, -0.1) is 0 Å². The second kappa shape index (κ2) is 6.40. The fourth-order valence-corrected chi connectivity index (χ4v) is 2.11. The van der Waals surface area contributed by atoms with E-state index in [1.807, 2.05) is 0 Å². The van der Waals surface area contributed by atoms with E-state index in [2.05, 4.69) is 5.32 Å². The minimum absolute atomic E-state index is 0.170. The first kappa shape index (κ1) is 16.0. The first-order valence-electron chi connectivity index (χ1n) is 5.60. The smallest absolute Gasteiger partial charge is 0.238 e. The van der Waals surface area contributed by atoms with Crippen LogP contribution >= 0.6 is 0 Å². The number of benzene rings is 1. The quantitative estimate of drug-likeness (QED) is 0.563. The maximum absolute atomic E-state index is 13.7. The minimum Gasteiger partial charge on any atom is -0.390 e. The molecule has 6 nitrogen and oxygen atoms in total. The van der Waals surface area contributed by atoms with E-state index in [4.69, 9.17) is 5.14 Å². The normalized spacial score (nSPS) is 15.2. The lowest BCUT2D eigenvalue weighted by Gasteiger charge is -2.18. The zero-order valence-corrected chi connectivity index (χ0v) is 11.2. The number of primary sulfonamides is 1. The van der Waals surface area contributed by atoms with Gasteiger partial charge < -0.3 is 15.5 Å². The molecule has 0 saturated heterocycles. The summed E-state index contributed by atoms with van der Waals surface area (Å²) in [5.74, 6) is -0.928. The van der Waals surface area contributed by atoms with Crippen molar-refractivity contribution < 1.29 is 23.0 Å². The summed E-state index contributed by atoms with van der Waals surface area (Å²) in [6.07, 6.45) is -2.35. The molecule has 0 aliphatic rings. The van der Waals surface area contributed by atoms with Gasteiger partial charge in [0.05, 0.1) is 11.0 Å². The molecule has 0 radical (unpaired) electrons. The van der Waals surface area contributed by atoms with E-state index in [-0.39, 0.29) is 16.9 Å². The molecule has 0 saturated carbocycles. The van der Waals surface area contributed by atoms with Crippen LogP contribution in [0.5, 0.6) is 0 Å². The van der Waals surface area contributed by atoms with Gasteiger partial charge in [-0.2, -0.15) is 0 Å². The number of aliphatic hydroxyl groups excluding tert-OH is 2. The van der Waals surface area contributed by atoms with Gasteiger partial charge in [-0.1, -0.05) is 6.07 Å². The van der Waals surface area contributed by atoms with Crippen molar-refractivity contribution in [2.75, 3.05) is 13.6 Å². The molecule has 2 atom stereocenters. The third-order valence-electron chi connectivity index (χ3n) is 2.67. The molecule has 8 heteroatoms. The molecule has 0 amide bonds. The van der Waals surface area contributed by atoms with Crippen molar-refractivity contribution >= 4 is 10.0 Å². The van der Waals surface area contributed by atoms with Crippen LogP contribution in [-0.4, -0.2) is 38.3 Å². The summed E-state index contributed by atoms with van der Waals surface area (Å²) < 4.78 is 35.8. The number of nitrogens with one attached hydrogen (secondary N) is 1. The lowest BCUT2D eigenvalue weighted by Crippen LogP contribution is -2.24. The summed E-state index contributed by atoms with van der Waals surface area (Å²) in [7, 11) is -2.32. The van der Waals surface area contributed by atoms with E-state index in [0.717, 1.165) is 18.2 Å². The maximum atomic E-state index is 13.7. The Balaban J connectivity index is 2.96. The Morgan fingerprint density at radius 3 is 2.53 bits per heavy atom. The first-order chi connectivity index (χ1) is 8.77. The summed E-state index contributed by atoms with van der Waals surface area (Å²) in [4.78, 5) is -0.384. The van der Waals surface area contributed by atoms with Crippen LogP contribution in [0.25, 0.3) is 0 Å². The van der Waals surface area contributed by atoms with Crippen LogP contribution in [0.3, 0.4) is 0 Å². The molecule has 0 aliphatic carbocycles. The van der Waals surface area contributed by atoms with Crippen molar-refractivity contribution in [3.05, 3.63) is 29.6 Å². The van der Waals surface area contributed by atoms with Gasteiger partial charge in [-0.3, -0.25) is 0 Å². The van der Waals surface area contributed by atoms with E-state index in [9.17, 15) is 23.0 Å².